The second kappa shape index (κ2) is 7.07. The van der Waals surface area contributed by atoms with Crippen molar-refractivity contribution in [1.82, 2.24) is 5.32 Å². The first-order chi connectivity index (χ1) is 5.31. The lowest BCUT2D eigenvalue weighted by Gasteiger charge is -1.96. The summed E-state index contributed by atoms with van der Waals surface area (Å²) in [4.78, 5) is 10.9. The highest BCUT2D eigenvalue weighted by molar-refractivity contribution is 5.78. The predicted molar refractivity (Wildman–Crippen MR) is 42.8 cm³/mol. The molecule has 0 aromatic heterocycles. The number of hydrogen-bond donors (Lipinski definition) is 1. The van der Waals surface area contributed by atoms with E-state index in [0.29, 0.717) is 25.2 Å². The lowest BCUT2D eigenvalue weighted by molar-refractivity contribution is -0.119. The van der Waals surface area contributed by atoms with Gasteiger partial charge in [0.1, 0.15) is 5.78 Å². The first-order valence-corrected chi connectivity index (χ1v) is 3.95. The van der Waals surface area contributed by atoms with Crippen LogP contribution in [0.15, 0.2) is 0 Å². The van der Waals surface area contributed by atoms with E-state index in [1.54, 1.807) is 0 Å². The fourth-order valence-electron chi connectivity index (χ4n) is 0.834. The Kier molecular flexibility index (Phi) is 6.40. The third-order valence-electron chi connectivity index (χ3n) is 1.37. The van der Waals surface area contributed by atoms with Crippen LogP contribution in [0.1, 0.15) is 32.6 Å². The van der Waals surface area contributed by atoms with Crippen molar-refractivity contribution in [3.05, 3.63) is 0 Å². The Morgan fingerprint density at radius 1 is 1.55 bits per heavy atom. The normalized spacial score (nSPS) is 8.73. The van der Waals surface area contributed by atoms with Crippen LogP contribution in [0.25, 0.3) is 0 Å². The molecule has 0 spiro atoms. The number of nitrogens with one attached hydrogen (secondary N) is 1. The average Bonchev–Trinajstić information content (AvgIpc) is 1.99. The quantitative estimate of drug-likeness (QED) is 0.355. The molecule has 0 aromatic carbocycles. The molecule has 0 atom stereocenters. The summed E-state index contributed by atoms with van der Waals surface area (Å²) in [6, 6.07) is 0. The zero-order chi connectivity index (χ0) is 8.53. The van der Waals surface area contributed by atoms with Crippen LogP contribution in [0, 0.1) is 11.5 Å². The minimum atomic E-state index is 0.298. The monoisotopic (exact) mass is 154 g/mol. The number of carbonyl (C=O) groups is 1. The second-order valence-electron chi connectivity index (χ2n) is 2.43. The summed E-state index contributed by atoms with van der Waals surface area (Å²) in [5.74, 6) is 0.298. The molecule has 0 bridgehead atoms. The number of nitriles is 1. The highest BCUT2D eigenvalue weighted by atomic mass is 16.1. The zero-order valence-corrected chi connectivity index (χ0v) is 6.89. The lowest BCUT2D eigenvalue weighted by Crippen LogP contribution is -2.09. The van der Waals surface area contributed by atoms with Crippen LogP contribution in [0.5, 0.6) is 0 Å². The molecule has 0 radical (unpaired) electrons. The van der Waals surface area contributed by atoms with Crippen molar-refractivity contribution in [2.75, 3.05) is 6.54 Å². The van der Waals surface area contributed by atoms with Crippen molar-refractivity contribution in [1.29, 1.82) is 5.26 Å². The van der Waals surface area contributed by atoms with Gasteiger partial charge in [0, 0.05) is 19.4 Å². The number of rotatable bonds is 6. The van der Waals surface area contributed by atoms with Crippen molar-refractivity contribution < 1.29 is 4.79 Å². The molecule has 0 saturated heterocycles. The van der Waals surface area contributed by atoms with Crippen LogP contribution >= 0.6 is 0 Å². The van der Waals surface area contributed by atoms with E-state index in [2.05, 4.69) is 5.32 Å². The Labute approximate surface area is 67.4 Å². The summed E-state index contributed by atoms with van der Waals surface area (Å²) < 4.78 is 0. The van der Waals surface area contributed by atoms with Gasteiger partial charge in [-0.1, -0.05) is 6.92 Å². The second-order valence-corrected chi connectivity index (χ2v) is 2.43. The number of hydrogen-bond acceptors (Lipinski definition) is 3. The topological polar surface area (TPSA) is 52.9 Å². The first-order valence-electron chi connectivity index (χ1n) is 3.95. The Balaban J connectivity index is 3.12. The van der Waals surface area contributed by atoms with Crippen molar-refractivity contribution in [2.45, 2.75) is 32.6 Å². The standard InChI is InChI=1S/C8H14N2O/c1-2-4-8(11)5-3-6-10-7-9/h10H,2-6H2,1H3. The molecule has 0 aliphatic rings. The Morgan fingerprint density at radius 3 is 2.82 bits per heavy atom. The molecule has 0 unspecified atom stereocenters. The van der Waals surface area contributed by atoms with Gasteiger partial charge in [-0.25, -0.2) is 0 Å². The number of nitrogens with zero attached hydrogens (tertiary/aromatic N) is 1. The SMILES string of the molecule is CCCC(=O)CCCNC#N. The highest BCUT2D eigenvalue weighted by Crippen LogP contribution is 1.96. The lowest BCUT2D eigenvalue weighted by atomic mass is 10.1. The van der Waals surface area contributed by atoms with Crippen molar-refractivity contribution in [2.24, 2.45) is 0 Å². The summed E-state index contributed by atoms with van der Waals surface area (Å²) in [7, 11) is 0. The molecular formula is C8H14N2O. The van der Waals surface area contributed by atoms with E-state index in [1.807, 2.05) is 13.1 Å². The van der Waals surface area contributed by atoms with Gasteiger partial charge in [-0.3, -0.25) is 4.79 Å². The van der Waals surface area contributed by atoms with E-state index < -0.39 is 0 Å². The van der Waals surface area contributed by atoms with E-state index in [9.17, 15) is 4.79 Å². The van der Waals surface area contributed by atoms with Gasteiger partial charge in [-0.15, -0.1) is 0 Å². The van der Waals surface area contributed by atoms with Crippen LogP contribution in [-0.2, 0) is 4.79 Å². The zero-order valence-electron chi connectivity index (χ0n) is 6.89. The van der Waals surface area contributed by atoms with Crippen molar-refractivity contribution in [3.63, 3.8) is 0 Å². The van der Waals surface area contributed by atoms with Gasteiger partial charge in [0.15, 0.2) is 6.19 Å². The minimum Gasteiger partial charge on any atom is -0.324 e. The van der Waals surface area contributed by atoms with Gasteiger partial charge < -0.3 is 5.32 Å². The smallest absolute Gasteiger partial charge is 0.176 e. The van der Waals surface area contributed by atoms with E-state index in [4.69, 9.17) is 5.26 Å². The van der Waals surface area contributed by atoms with E-state index >= 15 is 0 Å². The largest absolute Gasteiger partial charge is 0.324 e. The summed E-state index contributed by atoms with van der Waals surface area (Å²) in [6.07, 6.45) is 4.78. The summed E-state index contributed by atoms with van der Waals surface area (Å²) in [5.41, 5.74) is 0. The molecule has 3 heteroatoms. The minimum absolute atomic E-state index is 0.298. The van der Waals surface area contributed by atoms with Crippen LogP contribution in [0.4, 0.5) is 0 Å². The molecule has 0 aliphatic carbocycles. The molecular weight excluding hydrogens is 140 g/mol. The number of Topliss-reactive ketones (excluding diaryl/α,β-unsaturated/α-hetero) is 1. The Hall–Kier alpha value is -1.04. The fraction of sp³-hybridized carbons (Fsp3) is 0.750. The molecule has 3 nitrogen and oxygen atoms in total. The van der Waals surface area contributed by atoms with E-state index in [0.717, 1.165) is 12.8 Å². The highest BCUT2D eigenvalue weighted by Gasteiger charge is 1.98. The van der Waals surface area contributed by atoms with Crippen LogP contribution in [0.2, 0.25) is 0 Å². The van der Waals surface area contributed by atoms with Gasteiger partial charge in [0.25, 0.3) is 0 Å². The van der Waals surface area contributed by atoms with Crippen LogP contribution in [0.3, 0.4) is 0 Å². The molecule has 0 aliphatic heterocycles. The number of carbonyl (C=O) groups excluding carboxylic acids is 1. The van der Waals surface area contributed by atoms with Gasteiger partial charge in [0.2, 0.25) is 0 Å². The van der Waals surface area contributed by atoms with Crippen LogP contribution < -0.4 is 5.32 Å². The third kappa shape index (κ3) is 6.85. The average molecular weight is 154 g/mol. The molecule has 11 heavy (non-hydrogen) atoms. The maximum Gasteiger partial charge on any atom is 0.176 e. The number of ketones is 1. The Bertz CT molecular complexity index is 149. The molecule has 0 amide bonds. The van der Waals surface area contributed by atoms with Gasteiger partial charge >= 0.3 is 0 Å². The predicted octanol–water partition coefficient (Wildman–Crippen LogP) is 1.21. The molecule has 1 N–H and O–H groups in total. The molecule has 0 aromatic rings. The van der Waals surface area contributed by atoms with Gasteiger partial charge in [-0.05, 0) is 12.8 Å². The summed E-state index contributed by atoms with van der Waals surface area (Å²) >= 11 is 0. The Morgan fingerprint density at radius 2 is 2.27 bits per heavy atom. The molecule has 0 fully saturated rings. The summed E-state index contributed by atoms with van der Waals surface area (Å²) in [6.45, 7) is 2.61. The third-order valence-corrected chi connectivity index (χ3v) is 1.37. The molecule has 0 heterocycles. The fourth-order valence-corrected chi connectivity index (χ4v) is 0.834. The van der Waals surface area contributed by atoms with Crippen molar-refractivity contribution >= 4 is 5.78 Å². The molecule has 0 saturated carbocycles. The molecule has 0 rings (SSSR count). The van der Waals surface area contributed by atoms with E-state index in [-0.39, 0.29) is 0 Å². The first kappa shape index (κ1) is 9.96. The van der Waals surface area contributed by atoms with Gasteiger partial charge in [-0.2, -0.15) is 5.26 Å². The maximum atomic E-state index is 10.9. The summed E-state index contributed by atoms with van der Waals surface area (Å²) in [5, 5.41) is 10.6. The maximum absolute atomic E-state index is 10.9. The van der Waals surface area contributed by atoms with Gasteiger partial charge in [0.05, 0.1) is 0 Å². The van der Waals surface area contributed by atoms with Crippen LogP contribution in [-0.4, -0.2) is 12.3 Å². The van der Waals surface area contributed by atoms with E-state index in [1.165, 1.54) is 0 Å². The van der Waals surface area contributed by atoms with Crippen molar-refractivity contribution in [3.8, 4) is 6.19 Å². The molecule has 62 valence electrons.